The van der Waals surface area contributed by atoms with Gasteiger partial charge in [0, 0.05) is 32.1 Å². The molecule has 1 heterocycles. The third kappa shape index (κ3) is 4.27. The maximum atomic E-state index is 12.2. The van der Waals surface area contributed by atoms with Gasteiger partial charge in [-0.3, -0.25) is 9.59 Å². The molecule has 0 aliphatic carbocycles. The van der Waals surface area contributed by atoms with Gasteiger partial charge < -0.3 is 25.4 Å². The number of benzene rings is 1. The summed E-state index contributed by atoms with van der Waals surface area (Å²) < 4.78 is 10.5. The maximum Gasteiger partial charge on any atom is 0.227 e. The summed E-state index contributed by atoms with van der Waals surface area (Å²) in [5.41, 5.74) is 6.01. The molecule has 0 spiro atoms. The van der Waals surface area contributed by atoms with Crippen LogP contribution in [0.2, 0.25) is 0 Å². The number of ether oxygens (including phenoxy) is 2. The summed E-state index contributed by atoms with van der Waals surface area (Å²) in [6.45, 7) is 1.12. The SMILES string of the molecule is COc1ccc(N2CC(C(=O)NCCN)CC2=O)c(OC)c1.Cl. The van der Waals surface area contributed by atoms with Gasteiger partial charge in [0.05, 0.1) is 25.8 Å². The molecule has 1 atom stereocenters. The Morgan fingerprint density at radius 1 is 1.39 bits per heavy atom. The summed E-state index contributed by atoms with van der Waals surface area (Å²) in [5.74, 6) is 0.566. The number of hydrogen-bond donors (Lipinski definition) is 2. The van der Waals surface area contributed by atoms with Crippen molar-refractivity contribution in [1.29, 1.82) is 0 Å². The number of nitrogens with two attached hydrogens (primary N) is 1. The monoisotopic (exact) mass is 343 g/mol. The summed E-state index contributed by atoms with van der Waals surface area (Å²) in [6, 6.07) is 5.23. The molecule has 128 valence electrons. The van der Waals surface area contributed by atoms with Crippen molar-refractivity contribution in [2.75, 3.05) is 38.8 Å². The highest BCUT2D eigenvalue weighted by Gasteiger charge is 2.36. The molecule has 1 aliphatic heterocycles. The molecule has 7 nitrogen and oxygen atoms in total. The van der Waals surface area contributed by atoms with E-state index >= 15 is 0 Å². The number of carbonyl (C=O) groups is 2. The van der Waals surface area contributed by atoms with E-state index in [1.165, 1.54) is 7.11 Å². The minimum Gasteiger partial charge on any atom is -0.497 e. The van der Waals surface area contributed by atoms with E-state index in [1.807, 2.05) is 0 Å². The largest absolute Gasteiger partial charge is 0.497 e. The quantitative estimate of drug-likeness (QED) is 0.787. The van der Waals surface area contributed by atoms with Crippen LogP contribution in [0.3, 0.4) is 0 Å². The van der Waals surface area contributed by atoms with Crippen LogP contribution in [0.15, 0.2) is 18.2 Å². The molecular formula is C15H22ClN3O4. The first-order valence-electron chi connectivity index (χ1n) is 7.10. The molecule has 2 amide bonds. The highest BCUT2D eigenvalue weighted by atomic mass is 35.5. The van der Waals surface area contributed by atoms with Crippen LogP contribution < -0.4 is 25.4 Å². The van der Waals surface area contributed by atoms with Crippen LogP contribution >= 0.6 is 12.4 Å². The second kappa shape index (κ2) is 8.59. The Labute approximate surface area is 141 Å². The number of halogens is 1. The summed E-state index contributed by atoms with van der Waals surface area (Å²) in [5, 5.41) is 2.72. The van der Waals surface area contributed by atoms with E-state index in [-0.39, 0.29) is 36.6 Å². The number of methoxy groups -OCH3 is 2. The number of carbonyl (C=O) groups excluding carboxylic acids is 2. The van der Waals surface area contributed by atoms with Gasteiger partial charge in [-0.2, -0.15) is 0 Å². The predicted octanol–water partition coefficient (Wildman–Crippen LogP) is 0.553. The first-order chi connectivity index (χ1) is 10.6. The Hall–Kier alpha value is -1.99. The van der Waals surface area contributed by atoms with Gasteiger partial charge in [-0.25, -0.2) is 0 Å². The lowest BCUT2D eigenvalue weighted by Crippen LogP contribution is -2.35. The zero-order valence-electron chi connectivity index (χ0n) is 13.2. The predicted molar refractivity (Wildman–Crippen MR) is 89.3 cm³/mol. The van der Waals surface area contributed by atoms with E-state index < -0.39 is 0 Å². The van der Waals surface area contributed by atoms with Gasteiger partial charge in [-0.05, 0) is 12.1 Å². The first-order valence-corrected chi connectivity index (χ1v) is 7.10. The molecule has 1 fully saturated rings. The van der Waals surface area contributed by atoms with E-state index in [9.17, 15) is 9.59 Å². The molecule has 0 bridgehead atoms. The van der Waals surface area contributed by atoms with Crippen molar-refractivity contribution >= 4 is 29.9 Å². The van der Waals surface area contributed by atoms with Crippen molar-refractivity contribution in [2.24, 2.45) is 11.7 Å². The number of nitrogens with one attached hydrogen (secondary N) is 1. The zero-order chi connectivity index (χ0) is 16.1. The first kappa shape index (κ1) is 19.1. The minimum absolute atomic E-state index is 0. The van der Waals surface area contributed by atoms with Crippen LogP contribution in [0.1, 0.15) is 6.42 Å². The Bertz CT molecular complexity index is 568. The third-order valence-electron chi connectivity index (χ3n) is 3.62. The molecule has 0 saturated carbocycles. The molecule has 1 aromatic rings. The van der Waals surface area contributed by atoms with Gasteiger partial charge in [0.25, 0.3) is 0 Å². The van der Waals surface area contributed by atoms with Gasteiger partial charge >= 0.3 is 0 Å². The van der Waals surface area contributed by atoms with Crippen molar-refractivity contribution in [1.82, 2.24) is 5.32 Å². The molecule has 8 heteroatoms. The third-order valence-corrected chi connectivity index (χ3v) is 3.62. The minimum atomic E-state index is -0.370. The fourth-order valence-corrected chi connectivity index (χ4v) is 2.46. The number of nitrogens with zero attached hydrogens (tertiary/aromatic N) is 1. The van der Waals surface area contributed by atoms with Crippen LogP contribution in [0.4, 0.5) is 5.69 Å². The maximum absolute atomic E-state index is 12.2. The zero-order valence-corrected chi connectivity index (χ0v) is 14.0. The Morgan fingerprint density at radius 3 is 2.74 bits per heavy atom. The normalized spacial score (nSPS) is 16.7. The highest BCUT2D eigenvalue weighted by Crippen LogP contribution is 2.35. The van der Waals surface area contributed by atoms with Gasteiger partial charge in [-0.1, -0.05) is 0 Å². The fourth-order valence-electron chi connectivity index (χ4n) is 2.46. The van der Waals surface area contributed by atoms with Crippen LogP contribution in [0.5, 0.6) is 11.5 Å². The van der Waals surface area contributed by atoms with Crippen molar-refractivity contribution in [3.63, 3.8) is 0 Å². The number of hydrogen-bond acceptors (Lipinski definition) is 5. The molecule has 1 aliphatic rings. The van der Waals surface area contributed by atoms with Crippen molar-refractivity contribution in [3.8, 4) is 11.5 Å². The van der Waals surface area contributed by atoms with Gasteiger partial charge in [0.2, 0.25) is 11.8 Å². The molecule has 1 saturated heterocycles. The van der Waals surface area contributed by atoms with Crippen molar-refractivity contribution in [2.45, 2.75) is 6.42 Å². The van der Waals surface area contributed by atoms with E-state index in [2.05, 4.69) is 5.32 Å². The number of rotatable bonds is 6. The van der Waals surface area contributed by atoms with E-state index in [0.717, 1.165) is 0 Å². The topological polar surface area (TPSA) is 93.9 Å². The number of anilines is 1. The Kier molecular flexibility index (Phi) is 7.12. The van der Waals surface area contributed by atoms with Gasteiger partial charge in [0.1, 0.15) is 11.5 Å². The van der Waals surface area contributed by atoms with Crippen LogP contribution in [-0.4, -0.2) is 45.7 Å². The van der Waals surface area contributed by atoms with Gasteiger partial charge in [-0.15, -0.1) is 12.4 Å². The highest BCUT2D eigenvalue weighted by molar-refractivity contribution is 6.01. The fraction of sp³-hybridized carbons (Fsp3) is 0.467. The van der Waals surface area contributed by atoms with Crippen molar-refractivity contribution < 1.29 is 19.1 Å². The van der Waals surface area contributed by atoms with Crippen molar-refractivity contribution in [3.05, 3.63) is 18.2 Å². The number of amides is 2. The second-order valence-electron chi connectivity index (χ2n) is 5.02. The van der Waals surface area contributed by atoms with Gasteiger partial charge in [0.15, 0.2) is 0 Å². The average molecular weight is 344 g/mol. The molecule has 1 unspecified atom stereocenters. The summed E-state index contributed by atoms with van der Waals surface area (Å²) in [6.07, 6.45) is 0.186. The Morgan fingerprint density at radius 2 is 2.13 bits per heavy atom. The van der Waals surface area contributed by atoms with Crippen LogP contribution in [0.25, 0.3) is 0 Å². The van der Waals surface area contributed by atoms with E-state index in [4.69, 9.17) is 15.2 Å². The lowest BCUT2D eigenvalue weighted by atomic mass is 10.1. The summed E-state index contributed by atoms with van der Waals surface area (Å²) in [4.78, 5) is 25.8. The summed E-state index contributed by atoms with van der Waals surface area (Å²) in [7, 11) is 3.09. The smallest absolute Gasteiger partial charge is 0.227 e. The molecule has 3 N–H and O–H groups in total. The second-order valence-corrected chi connectivity index (χ2v) is 5.02. The lowest BCUT2D eigenvalue weighted by molar-refractivity contribution is -0.126. The van der Waals surface area contributed by atoms with Crippen LogP contribution in [-0.2, 0) is 9.59 Å². The molecule has 0 radical (unpaired) electrons. The molecule has 0 aromatic heterocycles. The Balaban J connectivity index is 0.00000264. The molecular weight excluding hydrogens is 322 g/mol. The average Bonchev–Trinajstić information content (AvgIpc) is 2.93. The van der Waals surface area contributed by atoms with E-state index in [1.54, 1.807) is 30.2 Å². The van der Waals surface area contributed by atoms with Crippen LogP contribution in [0, 0.1) is 5.92 Å². The molecule has 23 heavy (non-hydrogen) atoms. The van der Waals surface area contributed by atoms with E-state index in [0.29, 0.717) is 36.8 Å². The lowest BCUT2D eigenvalue weighted by Gasteiger charge is -2.20. The molecule has 1 aromatic carbocycles. The summed E-state index contributed by atoms with van der Waals surface area (Å²) >= 11 is 0. The molecule has 2 rings (SSSR count). The standard InChI is InChI=1S/C15H21N3O4.ClH/c1-21-11-3-4-12(13(8-11)22-2)18-9-10(7-14(18)19)15(20)17-6-5-16;/h3-4,8,10H,5-7,9,16H2,1-2H3,(H,17,20);1H.